The molecule has 13 heavy (non-hydrogen) atoms. The molecule has 0 amide bonds. The molecule has 3 N–H and O–H groups in total. The molecule has 0 aromatic carbocycles. The Bertz CT molecular complexity index is 289. The maximum absolute atomic E-state index is 9.47. The molecule has 0 aliphatic rings. The lowest BCUT2D eigenvalue weighted by atomic mass is 10.1. The van der Waals surface area contributed by atoms with Gasteiger partial charge in [0.05, 0.1) is 13.2 Å². The lowest BCUT2D eigenvalue weighted by molar-refractivity contribution is 0.186. The van der Waals surface area contributed by atoms with Crippen molar-refractivity contribution >= 4 is 0 Å². The average molecular weight is 182 g/mol. The van der Waals surface area contributed by atoms with E-state index < -0.39 is 6.10 Å². The molecule has 1 heterocycles. The van der Waals surface area contributed by atoms with E-state index >= 15 is 0 Å². The van der Waals surface area contributed by atoms with E-state index in [0.29, 0.717) is 5.88 Å². The second kappa shape index (κ2) is 4.20. The summed E-state index contributed by atoms with van der Waals surface area (Å²) in [6.07, 6.45) is -0.643. The summed E-state index contributed by atoms with van der Waals surface area (Å²) in [5.41, 5.74) is 6.88. The standard InChI is InChI=1S/C9H14N2O2/c1-6-3-7(8(12)5-10)4-9(11-6)13-2/h3-4,8,12H,5,10H2,1-2H3/t8-/m1/s1. The van der Waals surface area contributed by atoms with Crippen LogP contribution in [0.1, 0.15) is 17.4 Å². The summed E-state index contributed by atoms with van der Waals surface area (Å²) in [4.78, 5) is 4.09. The predicted molar refractivity (Wildman–Crippen MR) is 49.5 cm³/mol. The molecule has 0 radical (unpaired) electrons. The Hall–Kier alpha value is -1.13. The molecule has 0 bridgehead atoms. The van der Waals surface area contributed by atoms with Gasteiger partial charge in [0.2, 0.25) is 5.88 Å². The number of hydrogen-bond acceptors (Lipinski definition) is 4. The van der Waals surface area contributed by atoms with Crippen molar-refractivity contribution in [2.45, 2.75) is 13.0 Å². The monoisotopic (exact) mass is 182 g/mol. The van der Waals surface area contributed by atoms with Crippen molar-refractivity contribution in [2.24, 2.45) is 5.73 Å². The van der Waals surface area contributed by atoms with Gasteiger partial charge in [0.25, 0.3) is 0 Å². The second-order valence-corrected chi connectivity index (χ2v) is 2.84. The van der Waals surface area contributed by atoms with Gasteiger partial charge in [0.1, 0.15) is 0 Å². The van der Waals surface area contributed by atoms with E-state index in [4.69, 9.17) is 10.5 Å². The zero-order valence-electron chi connectivity index (χ0n) is 7.82. The van der Waals surface area contributed by atoms with E-state index in [1.54, 1.807) is 19.2 Å². The van der Waals surface area contributed by atoms with Crippen LogP contribution >= 0.6 is 0 Å². The van der Waals surface area contributed by atoms with E-state index in [0.717, 1.165) is 11.3 Å². The first-order chi connectivity index (χ1) is 6.17. The number of pyridine rings is 1. The summed E-state index contributed by atoms with van der Waals surface area (Å²) in [6, 6.07) is 3.48. The molecule has 1 atom stereocenters. The molecule has 0 saturated carbocycles. The number of aliphatic hydroxyl groups is 1. The summed E-state index contributed by atoms with van der Waals surface area (Å²) < 4.78 is 4.97. The van der Waals surface area contributed by atoms with Gasteiger partial charge >= 0.3 is 0 Å². The van der Waals surface area contributed by atoms with Gasteiger partial charge in [0, 0.05) is 18.3 Å². The first-order valence-electron chi connectivity index (χ1n) is 4.08. The Balaban J connectivity index is 3.01. The molecule has 0 unspecified atom stereocenters. The van der Waals surface area contributed by atoms with E-state index in [-0.39, 0.29) is 6.54 Å². The second-order valence-electron chi connectivity index (χ2n) is 2.84. The minimum atomic E-state index is -0.643. The summed E-state index contributed by atoms with van der Waals surface area (Å²) >= 11 is 0. The van der Waals surface area contributed by atoms with Gasteiger partial charge in [-0.2, -0.15) is 0 Å². The van der Waals surface area contributed by atoms with E-state index in [2.05, 4.69) is 4.98 Å². The van der Waals surface area contributed by atoms with Crippen LogP contribution in [0.4, 0.5) is 0 Å². The van der Waals surface area contributed by atoms with Crippen LogP contribution < -0.4 is 10.5 Å². The third-order valence-electron chi connectivity index (χ3n) is 1.77. The largest absolute Gasteiger partial charge is 0.481 e. The Kier molecular flexibility index (Phi) is 3.22. The summed E-state index contributed by atoms with van der Waals surface area (Å²) in [7, 11) is 1.54. The molecule has 72 valence electrons. The van der Waals surface area contributed by atoms with Gasteiger partial charge in [-0.05, 0) is 18.6 Å². The number of methoxy groups -OCH3 is 1. The van der Waals surface area contributed by atoms with Crippen LogP contribution in [0.3, 0.4) is 0 Å². The maximum Gasteiger partial charge on any atom is 0.213 e. The van der Waals surface area contributed by atoms with Crippen LogP contribution in [0.2, 0.25) is 0 Å². The molecule has 4 nitrogen and oxygen atoms in total. The minimum Gasteiger partial charge on any atom is -0.481 e. The van der Waals surface area contributed by atoms with E-state index in [9.17, 15) is 5.11 Å². The molecular formula is C9H14N2O2. The third kappa shape index (κ3) is 2.40. The fourth-order valence-electron chi connectivity index (χ4n) is 1.10. The lowest BCUT2D eigenvalue weighted by Crippen LogP contribution is -2.12. The van der Waals surface area contributed by atoms with Gasteiger partial charge in [0.15, 0.2) is 0 Å². The maximum atomic E-state index is 9.47. The zero-order chi connectivity index (χ0) is 9.84. The first kappa shape index (κ1) is 9.95. The van der Waals surface area contributed by atoms with Crippen molar-refractivity contribution < 1.29 is 9.84 Å². The highest BCUT2D eigenvalue weighted by molar-refractivity contribution is 5.26. The van der Waals surface area contributed by atoms with Crippen LogP contribution in [0, 0.1) is 6.92 Å². The number of aliphatic hydroxyl groups excluding tert-OH is 1. The van der Waals surface area contributed by atoms with E-state index in [1.807, 2.05) is 6.92 Å². The van der Waals surface area contributed by atoms with Crippen molar-refractivity contribution in [1.29, 1.82) is 0 Å². The highest BCUT2D eigenvalue weighted by Crippen LogP contribution is 2.17. The molecule has 1 aromatic heterocycles. The number of aromatic nitrogens is 1. The SMILES string of the molecule is COc1cc([C@H](O)CN)cc(C)n1. The third-order valence-corrected chi connectivity index (χ3v) is 1.77. The lowest BCUT2D eigenvalue weighted by Gasteiger charge is -2.09. The molecule has 0 saturated heterocycles. The molecule has 0 fully saturated rings. The normalized spacial score (nSPS) is 12.6. The van der Waals surface area contributed by atoms with E-state index in [1.165, 1.54) is 0 Å². The fraction of sp³-hybridized carbons (Fsp3) is 0.444. The number of ether oxygens (including phenoxy) is 1. The Labute approximate surface area is 77.4 Å². The quantitative estimate of drug-likeness (QED) is 0.709. The van der Waals surface area contributed by atoms with Crippen molar-refractivity contribution in [3.8, 4) is 5.88 Å². The van der Waals surface area contributed by atoms with Crippen molar-refractivity contribution in [3.63, 3.8) is 0 Å². The number of rotatable bonds is 3. The number of nitrogens with two attached hydrogens (primary N) is 1. The molecule has 1 aromatic rings. The van der Waals surface area contributed by atoms with Gasteiger partial charge in [-0.3, -0.25) is 0 Å². The van der Waals surface area contributed by atoms with Gasteiger partial charge < -0.3 is 15.6 Å². The molecule has 0 aliphatic heterocycles. The summed E-state index contributed by atoms with van der Waals surface area (Å²) in [5.74, 6) is 0.502. The average Bonchev–Trinajstić information content (AvgIpc) is 2.15. The van der Waals surface area contributed by atoms with Crippen LogP contribution in [-0.4, -0.2) is 23.7 Å². The van der Waals surface area contributed by atoms with Crippen LogP contribution in [0.25, 0.3) is 0 Å². The Morgan fingerprint density at radius 2 is 2.31 bits per heavy atom. The van der Waals surface area contributed by atoms with Crippen LogP contribution in [0.15, 0.2) is 12.1 Å². The van der Waals surface area contributed by atoms with Gasteiger partial charge in [-0.15, -0.1) is 0 Å². The highest BCUT2D eigenvalue weighted by atomic mass is 16.5. The van der Waals surface area contributed by atoms with Crippen LogP contribution in [0.5, 0.6) is 5.88 Å². The number of nitrogens with zero attached hydrogens (tertiary/aromatic N) is 1. The van der Waals surface area contributed by atoms with Crippen molar-refractivity contribution in [2.75, 3.05) is 13.7 Å². The van der Waals surface area contributed by atoms with Crippen LogP contribution in [-0.2, 0) is 0 Å². The molecule has 4 heteroatoms. The van der Waals surface area contributed by atoms with Gasteiger partial charge in [-0.25, -0.2) is 4.98 Å². The fourth-order valence-corrected chi connectivity index (χ4v) is 1.10. The Morgan fingerprint density at radius 1 is 1.62 bits per heavy atom. The Morgan fingerprint density at radius 3 is 2.85 bits per heavy atom. The highest BCUT2D eigenvalue weighted by Gasteiger charge is 2.07. The summed E-state index contributed by atoms with van der Waals surface area (Å²) in [5, 5.41) is 9.47. The first-order valence-corrected chi connectivity index (χ1v) is 4.08. The smallest absolute Gasteiger partial charge is 0.213 e. The molecule has 0 aliphatic carbocycles. The van der Waals surface area contributed by atoms with Crippen molar-refractivity contribution in [1.82, 2.24) is 4.98 Å². The zero-order valence-corrected chi connectivity index (χ0v) is 7.82. The summed E-state index contributed by atoms with van der Waals surface area (Å²) in [6.45, 7) is 2.04. The number of hydrogen-bond donors (Lipinski definition) is 2. The molecular weight excluding hydrogens is 168 g/mol. The molecule has 1 rings (SSSR count). The predicted octanol–water partition coefficient (Wildman–Crippen LogP) is 0.391. The number of aryl methyl sites for hydroxylation is 1. The van der Waals surface area contributed by atoms with Gasteiger partial charge in [-0.1, -0.05) is 0 Å². The molecule has 0 spiro atoms. The van der Waals surface area contributed by atoms with Crippen molar-refractivity contribution in [3.05, 3.63) is 23.4 Å². The minimum absolute atomic E-state index is 0.201. The topological polar surface area (TPSA) is 68.4 Å².